The molecule has 0 radical (unpaired) electrons. The largest absolute Gasteiger partial charge is 0.322 e. The molecule has 0 saturated carbocycles. The number of rotatable bonds is 9. The highest BCUT2D eigenvalue weighted by molar-refractivity contribution is 7.92. The molecule has 12 heteroatoms. The predicted molar refractivity (Wildman–Crippen MR) is 151 cm³/mol. The molecule has 39 heavy (non-hydrogen) atoms. The van der Waals surface area contributed by atoms with Gasteiger partial charge in [0, 0.05) is 23.1 Å². The molecule has 0 saturated heterocycles. The van der Waals surface area contributed by atoms with Gasteiger partial charge in [0.2, 0.25) is 16.0 Å². The first-order chi connectivity index (χ1) is 18.4. The van der Waals surface area contributed by atoms with E-state index in [1.54, 1.807) is 25.1 Å². The molecule has 1 amide bonds. The van der Waals surface area contributed by atoms with E-state index in [-0.39, 0.29) is 17.4 Å². The topological polar surface area (TPSA) is 138 Å². The van der Waals surface area contributed by atoms with Crippen LogP contribution in [-0.2, 0) is 26.6 Å². The van der Waals surface area contributed by atoms with Gasteiger partial charge in [-0.25, -0.2) is 31.5 Å². The van der Waals surface area contributed by atoms with E-state index in [1.807, 2.05) is 31.2 Å². The highest BCUT2D eigenvalue weighted by atomic mass is 32.2. The molecule has 4 rings (SSSR count). The molecule has 0 aliphatic rings. The van der Waals surface area contributed by atoms with E-state index in [2.05, 4.69) is 20.0 Å². The molecule has 4 aromatic rings. The molecule has 202 valence electrons. The monoisotopic (exact) mass is 565 g/mol. The van der Waals surface area contributed by atoms with Gasteiger partial charge in [-0.15, -0.1) is 0 Å². The molecule has 0 unspecified atom stereocenters. The molecule has 1 aromatic heterocycles. The maximum Gasteiger partial charge on any atom is 0.264 e. The Hall–Kier alpha value is -4.29. The Balaban J connectivity index is 1.45. The number of aromatic nitrogens is 2. The first kappa shape index (κ1) is 27.7. The third kappa shape index (κ3) is 6.98. The number of nitrogens with one attached hydrogen (secondary N) is 2. The Morgan fingerprint density at radius 1 is 0.872 bits per heavy atom. The SMILES string of the molecule is Cc1ccnc(NS(=O)(=O)c2ccc(NC(=O)c3ccc(N(Cc4ccccc4C)S(C)(=O)=O)cc3)cc2)n1. The second-order valence-electron chi connectivity index (χ2n) is 8.85. The maximum atomic E-state index is 12.8. The number of anilines is 3. The van der Waals surface area contributed by atoms with E-state index in [0.29, 0.717) is 22.6 Å². The summed E-state index contributed by atoms with van der Waals surface area (Å²) in [5.41, 5.74) is 3.57. The van der Waals surface area contributed by atoms with Gasteiger partial charge in [-0.3, -0.25) is 9.10 Å². The third-order valence-corrected chi connectivity index (χ3v) is 8.32. The summed E-state index contributed by atoms with van der Waals surface area (Å²) in [4.78, 5) is 20.7. The zero-order valence-corrected chi connectivity index (χ0v) is 23.1. The van der Waals surface area contributed by atoms with Crippen LogP contribution in [0.1, 0.15) is 27.2 Å². The average molecular weight is 566 g/mol. The molecule has 0 aliphatic heterocycles. The van der Waals surface area contributed by atoms with E-state index in [9.17, 15) is 21.6 Å². The Kier molecular flexibility index (Phi) is 7.98. The van der Waals surface area contributed by atoms with Crippen LogP contribution in [0.25, 0.3) is 0 Å². The molecular formula is C27H27N5O5S2. The number of hydrogen-bond acceptors (Lipinski definition) is 7. The van der Waals surface area contributed by atoms with Crippen LogP contribution in [0.3, 0.4) is 0 Å². The van der Waals surface area contributed by atoms with Crippen LogP contribution < -0.4 is 14.3 Å². The van der Waals surface area contributed by atoms with Crippen molar-refractivity contribution in [1.29, 1.82) is 0 Å². The van der Waals surface area contributed by atoms with Crippen LogP contribution in [0.4, 0.5) is 17.3 Å². The molecule has 0 atom stereocenters. The molecule has 0 fully saturated rings. The summed E-state index contributed by atoms with van der Waals surface area (Å²) in [5, 5.41) is 2.71. The quantitative estimate of drug-likeness (QED) is 0.311. The molecular weight excluding hydrogens is 538 g/mol. The van der Waals surface area contributed by atoms with Crippen LogP contribution in [0.2, 0.25) is 0 Å². The molecule has 3 aromatic carbocycles. The van der Waals surface area contributed by atoms with Gasteiger partial charge in [0.05, 0.1) is 23.4 Å². The number of aryl methyl sites for hydroxylation is 2. The lowest BCUT2D eigenvalue weighted by Gasteiger charge is -2.23. The summed E-state index contributed by atoms with van der Waals surface area (Å²) in [6.07, 6.45) is 2.59. The summed E-state index contributed by atoms with van der Waals surface area (Å²) < 4.78 is 53.9. The molecule has 1 heterocycles. The Bertz CT molecular complexity index is 1710. The third-order valence-electron chi connectivity index (χ3n) is 5.84. The van der Waals surface area contributed by atoms with Gasteiger partial charge in [-0.2, -0.15) is 0 Å². The van der Waals surface area contributed by atoms with Crippen LogP contribution in [0, 0.1) is 13.8 Å². The first-order valence-corrected chi connectivity index (χ1v) is 15.1. The van der Waals surface area contributed by atoms with Crippen molar-refractivity contribution < 1.29 is 21.6 Å². The van der Waals surface area contributed by atoms with E-state index in [0.717, 1.165) is 17.4 Å². The standard InChI is InChI=1S/C27H27N5O5S2/c1-19-6-4-5-7-22(19)18-32(38(3,34)35)24-12-8-21(9-13-24)26(33)30-23-10-14-25(15-11-23)39(36,37)31-27-28-17-16-20(2)29-27/h4-17H,18H2,1-3H3,(H,30,33)(H,28,29,31). The molecule has 0 spiro atoms. The molecule has 0 bridgehead atoms. The lowest BCUT2D eigenvalue weighted by Crippen LogP contribution is -2.29. The lowest BCUT2D eigenvalue weighted by atomic mass is 10.1. The van der Waals surface area contributed by atoms with Crippen molar-refractivity contribution in [1.82, 2.24) is 9.97 Å². The fourth-order valence-electron chi connectivity index (χ4n) is 3.72. The van der Waals surface area contributed by atoms with E-state index in [4.69, 9.17) is 0 Å². The Labute approximate surface area is 227 Å². The summed E-state index contributed by atoms with van der Waals surface area (Å²) in [7, 11) is -7.50. The zero-order valence-electron chi connectivity index (χ0n) is 21.5. The fourth-order valence-corrected chi connectivity index (χ4v) is 5.55. The summed E-state index contributed by atoms with van der Waals surface area (Å²) in [6.45, 7) is 3.80. The number of sulfonamides is 2. The second kappa shape index (κ2) is 11.2. The number of carbonyl (C=O) groups excluding carboxylic acids is 1. The minimum absolute atomic E-state index is 0.0236. The normalized spacial score (nSPS) is 11.6. The fraction of sp³-hybridized carbons (Fsp3) is 0.148. The Morgan fingerprint density at radius 3 is 2.15 bits per heavy atom. The number of nitrogens with zero attached hydrogens (tertiary/aromatic N) is 3. The van der Waals surface area contributed by atoms with Gasteiger partial charge in [-0.1, -0.05) is 24.3 Å². The minimum Gasteiger partial charge on any atom is -0.322 e. The number of carbonyl (C=O) groups is 1. The average Bonchev–Trinajstić information content (AvgIpc) is 2.88. The maximum absolute atomic E-state index is 12.8. The van der Waals surface area contributed by atoms with Crippen LogP contribution in [0.5, 0.6) is 0 Å². The van der Waals surface area contributed by atoms with Crippen LogP contribution in [-0.4, -0.2) is 39.0 Å². The van der Waals surface area contributed by atoms with Crippen LogP contribution in [0.15, 0.2) is 90.0 Å². The van der Waals surface area contributed by atoms with Gasteiger partial charge >= 0.3 is 0 Å². The molecule has 2 N–H and O–H groups in total. The van der Waals surface area contributed by atoms with Crippen LogP contribution >= 0.6 is 0 Å². The summed E-state index contributed by atoms with van der Waals surface area (Å²) in [5.74, 6) is -0.475. The highest BCUT2D eigenvalue weighted by Crippen LogP contribution is 2.23. The minimum atomic E-state index is -3.92. The van der Waals surface area contributed by atoms with Gasteiger partial charge in [0.1, 0.15) is 0 Å². The van der Waals surface area contributed by atoms with Crippen molar-refractivity contribution in [3.63, 3.8) is 0 Å². The number of amides is 1. The lowest BCUT2D eigenvalue weighted by molar-refractivity contribution is 0.102. The number of benzene rings is 3. The van der Waals surface area contributed by atoms with E-state index >= 15 is 0 Å². The highest BCUT2D eigenvalue weighted by Gasteiger charge is 2.20. The van der Waals surface area contributed by atoms with E-state index in [1.165, 1.54) is 46.9 Å². The van der Waals surface area contributed by atoms with Crippen molar-refractivity contribution in [3.05, 3.63) is 107 Å². The van der Waals surface area contributed by atoms with E-state index < -0.39 is 26.0 Å². The molecule has 0 aliphatic carbocycles. The van der Waals surface area contributed by atoms with Gasteiger partial charge in [0.15, 0.2) is 0 Å². The van der Waals surface area contributed by atoms with Crippen molar-refractivity contribution in [2.45, 2.75) is 25.3 Å². The zero-order chi connectivity index (χ0) is 28.2. The van der Waals surface area contributed by atoms with Crippen molar-refractivity contribution in [2.75, 3.05) is 20.6 Å². The first-order valence-electron chi connectivity index (χ1n) is 11.8. The van der Waals surface area contributed by atoms with Gasteiger partial charge < -0.3 is 5.32 Å². The van der Waals surface area contributed by atoms with Gasteiger partial charge in [-0.05, 0) is 79.6 Å². The van der Waals surface area contributed by atoms with Gasteiger partial charge in [0.25, 0.3) is 15.9 Å². The summed E-state index contributed by atoms with van der Waals surface area (Å²) in [6, 6.07) is 21.0. The van der Waals surface area contributed by atoms with Crippen molar-refractivity contribution in [2.24, 2.45) is 0 Å². The van der Waals surface area contributed by atoms with Crippen molar-refractivity contribution in [3.8, 4) is 0 Å². The molecule has 10 nitrogen and oxygen atoms in total. The Morgan fingerprint density at radius 2 is 1.54 bits per heavy atom. The predicted octanol–water partition coefficient (Wildman–Crippen LogP) is 4.11. The van der Waals surface area contributed by atoms with Crippen molar-refractivity contribution >= 4 is 43.3 Å². The number of hydrogen-bond donors (Lipinski definition) is 2. The second-order valence-corrected chi connectivity index (χ2v) is 12.4. The smallest absolute Gasteiger partial charge is 0.264 e. The summed E-state index contributed by atoms with van der Waals surface area (Å²) >= 11 is 0.